The van der Waals surface area contributed by atoms with Crippen molar-refractivity contribution < 1.29 is 28.9 Å². The normalized spacial score (nSPS) is 12.4. The molecule has 0 saturated carbocycles. The second-order valence-electron chi connectivity index (χ2n) is 5.53. The fraction of sp³-hybridized carbons (Fsp3) is 0.474. The molecular formula is C19H28O6. The van der Waals surface area contributed by atoms with Crippen molar-refractivity contribution in [2.45, 2.75) is 33.8 Å². The Kier molecular flexibility index (Phi) is 12.0. The van der Waals surface area contributed by atoms with Gasteiger partial charge in [-0.25, -0.2) is 9.59 Å². The number of carbonyl (C=O) groups is 2. The van der Waals surface area contributed by atoms with Crippen LogP contribution in [0.1, 0.15) is 48.4 Å². The van der Waals surface area contributed by atoms with Gasteiger partial charge in [-0.15, -0.1) is 6.58 Å². The third kappa shape index (κ3) is 12.9. The SMILES string of the molecule is C1CO1.C=C(C)C.CCOC(=O)c1ccccc1C(=O)OCC(C)O. The molecule has 1 saturated heterocycles. The maximum atomic E-state index is 11.7. The molecule has 1 aromatic rings. The molecule has 1 unspecified atom stereocenters. The van der Waals surface area contributed by atoms with Crippen molar-refractivity contribution in [3.8, 4) is 0 Å². The highest BCUT2D eigenvalue weighted by Gasteiger charge is 2.18. The van der Waals surface area contributed by atoms with E-state index in [1.807, 2.05) is 13.8 Å². The Morgan fingerprint density at radius 1 is 1.16 bits per heavy atom. The van der Waals surface area contributed by atoms with E-state index in [2.05, 4.69) is 11.3 Å². The zero-order valence-electron chi connectivity index (χ0n) is 15.4. The van der Waals surface area contributed by atoms with Crippen LogP contribution in [0.25, 0.3) is 0 Å². The van der Waals surface area contributed by atoms with E-state index in [4.69, 9.17) is 14.6 Å². The van der Waals surface area contributed by atoms with Crippen molar-refractivity contribution in [1.29, 1.82) is 0 Å². The number of hydrogen-bond donors (Lipinski definition) is 1. The van der Waals surface area contributed by atoms with Gasteiger partial charge < -0.3 is 19.3 Å². The molecule has 0 radical (unpaired) electrons. The maximum absolute atomic E-state index is 11.7. The van der Waals surface area contributed by atoms with Crippen LogP contribution in [0.15, 0.2) is 36.4 Å². The Balaban J connectivity index is 0.000000684. The summed E-state index contributed by atoms with van der Waals surface area (Å²) in [6, 6.07) is 6.24. The number of allylic oxidation sites excluding steroid dienone is 1. The fourth-order valence-electron chi connectivity index (χ4n) is 1.32. The quantitative estimate of drug-likeness (QED) is 0.498. The smallest absolute Gasteiger partial charge is 0.339 e. The molecule has 0 amide bonds. The minimum Gasteiger partial charge on any atom is -0.462 e. The summed E-state index contributed by atoms with van der Waals surface area (Å²) in [5.74, 6) is -1.22. The number of rotatable bonds is 5. The van der Waals surface area contributed by atoms with Crippen molar-refractivity contribution in [2.75, 3.05) is 26.4 Å². The van der Waals surface area contributed by atoms with E-state index in [-0.39, 0.29) is 24.3 Å². The predicted molar refractivity (Wildman–Crippen MR) is 95.7 cm³/mol. The molecule has 0 aromatic heterocycles. The van der Waals surface area contributed by atoms with Gasteiger partial charge in [0.2, 0.25) is 0 Å². The second-order valence-corrected chi connectivity index (χ2v) is 5.53. The lowest BCUT2D eigenvalue weighted by Crippen LogP contribution is -2.18. The van der Waals surface area contributed by atoms with Gasteiger partial charge in [0, 0.05) is 0 Å². The van der Waals surface area contributed by atoms with Crippen molar-refractivity contribution in [2.24, 2.45) is 0 Å². The monoisotopic (exact) mass is 352 g/mol. The molecular weight excluding hydrogens is 324 g/mol. The molecule has 6 heteroatoms. The van der Waals surface area contributed by atoms with E-state index in [1.54, 1.807) is 19.1 Å². The average Bonchev–Trinajstić information content (AvgIpc) is 3.41. The number of esters is 2. The van der Waals surface area contributed by atoms with Crippen molar-refractivity contribution in [3.05, 3.63) is 47.5 Å². The predicted octanol–water partition coefficient (Wildman–Crippen LogP) is 3.00. The van der Waals surface area contributed by atoms with Crippen LogP contribution in [-0.4, -0.2) is 49.6 Å². The topological polar surface area (TPSA) is 85.4 Å². The molecule has 1 aliphatic heterocycles. The number of aliphatic hydroxyl groups excluding tert-OH is 1. The first kappa shape index (κ1) is 22.8. The highest BCUT2D eigenvalue weighted by Crippen LogP contribution is 2.12. The molecule has 0 spiro atoms. The molecule has 1 fully saturated rings. The summed E-state index contributed by atoms with van der Waals surface area (Å²) < 4.78 is 14.2. The van der Waals surface area contributed by atoms with Crippen LogP contribution in [0.3, 0.4) is 0 Å². The second kappa shape index (κ2) is 13.1. The van der Waals surface area contributed by atoms with Crippen LogP contribution >= 0.6 is 0 Å². The Labute approximate surface area is 149 Å². The molecule has 2 rings (SSSR count). The van der Waals surface area contributed by atoms with Crippen molar-refractivity contribution in [3.63, 3.8) is 0 Å². The first-order chi connectivity index (χ1) is 11.8. The fourth-order valence-corrected chi connectivity index (χ4v) is 1.32. The van der Waals surface area contributed by atoms with Crippen molar-refractivity contribution in [1.82, 2.24) is 0 Å². The molecule has 140 valence electrons. The van der Waals surface area contributed by atoms with E-state index in [1.165, 1.54) is 24.6 Å². The minimum absolute atomic E-state index is 0.115. The number of aliphatic hydroxyl groups is 1. The number of benzene rings is 1. The summed E-state index contributed by atoms with van der Waals surface area (Å²) in [7, 11) is 0. The van der Waals surface area contributed by atoms with Crippen LogP contribution in [0.5, 0.6) is 0 Å². The molecule has 1 atom stereocenters. The van der Waals surface area contributed by atoms with E-state index in [0.717, 1.165) is 13.2 Å². The van der Waals surface area contributed by atoms with Gasteiger partial charge in [-0.05, 0) is 39.8 Å². The highest BCUT2D eigenvalue weighted by atomic mass is 16.6. The molecule has 6 nitrogen and oxygen atoms in total. The number of epoxide rings is 1. The van der Waals surface area contributed by atoms with Crippen LogP contribution in [0, 0.1) is 0 Å². The molecule has 0 bridgehead atoms. The van der Waals surface area contributed by atoms with Gasteiger partial charge in [-0.1, -0.05) is 17.7 Å². The summed E-state index contributed by atoms with van der Waals surface area (Å²) >= 11 is 0. The minimum atomic E-state index is -0.747. The summed E-state index contributed by atoms with van der Waals surface area (Å²) in [6.45, 7) is 12.8. The van der Waals surface area contributed by atoms with Gasteiger partial charge in [0.05, 0.1) is 37.1 Å². The average molecular weight is 352 g/mol. The molecule has 25 heavy (non-hydrogen) atoms. The van der Waals surface area contributed by atoms with E-state index < -0.39 is 18.0 Å². The lowest BCUT2D eigenvalue weighted by molar-refractivity contribution is 0.0289. The van der Waals surface area contributed by atoms with E-state index in [9.17, 15) is 9.59 Å². The summed E-state index contributed by atoms with van der Waals surface area (Å²) in [5.41, 5.74) is 1.46. The Hall–Kier alpha value is -2.18. The molecule has 1 N–H and O–H groups in total. The van der Waals surface area contributed by atoms with Crippen LogP contribution in [-0.2, 0) is 14.2 Å². The van der Waals surface area contributed by atoms with Gasteiger partial charge in [-0.3, -0.25) is 0 Å². The lowest BCUT2D eigenvalue weighted by Gasteiger charge is -2.09. The first-order valence-electron chi connectivity index (χ1n) is 8.10. The summed E-state index contributed by atoms with van der Waals surface area (Å²) in [5, 5.41) is 9.04. The molecule has 1 heterocycles. The summed E-state index contributed by atoms with van der Waals surface area (Å²) in [6.07, 6.45) is -0.747. The van der Waals surface area contributed by atoms with Crippen LogP contribution < -0.4 is 0 Å². The third-order valence-corrected chi connectivity index (χ3v) is 2.30. The van der Waals surface area contributed by atoms with Gasteiger partial charge >= 0.3 is 11.9 Å². The lowest BCUT2D eigenvalue weighted by atomic mass is 10.1. The van der Waals surface area contributed by atoms with E-state index in [0.29, 0.717) is 0 Å². The largest absolute Gasteiger partial charge is 0.462 e. The Morgan fingerprint density at radius 2 is 1.56 bits per heavy atom. The van der Waals surface area contributed by atoms with Gasteiger partial charge in [0.15, 0.2) is 0 Å². The van der Waals surface area contributed by atoms with Gasteiger partial charge in [0.25, 0.3) is 0 Å². The molecule has 0 aliphatic carbocycles. The van der Waals surface area contributed by atoms with Crippen LogP contribution in [0.2, 0.25) is 0 Å². The zero-order valence-corrected chi connectivity index (χ0v) is 15.4. The van der Waals surface area contributed by atoms with Crippen molar-refractivity contribution >= 4 is 11.9 Å². The van der Waals surface area contributed by atoms with Gasteiger partial charge in [0.1, 0.15) is 6.61 Å². The zero-order chi connectivity index (χ0) is 19.2. The third-order valence-electron chi connectivity index (χ3n) is 2.30. The first-order valence-corrected chi connectivity index (χ1v) is 8.10. The maximum Gasteiger partial charge on any atom is 0.339 e. The Bertz CT molecular complexity index is 542. The summed E-state index contributed by atoms with van der Waals surface area (Å²) in [4.78, 5) is 23.4. The Morgan fingerprint density at radius 3 is 1.88 bits per heavy atom. The number of carbonyl (C=O) groups excluding carboxylic acids is 2. The number of ether oxygens (including phenoxy) is 3. The van der Waals surface area contributed by atoms with Crippen LogP contribution in [0.4, 0.5) is 0 Å². The highest BCUT2D eigenvalue weighted by molar-refractivity contribution is 6.03. The number of hydrogen-bond acceptors (Lipinski definition) is 6. The standard InChI is InChI=1S/C13H16O5.C4H8.C2H4O/c1-3-17-12(15)10-6-4-5-7-11(10)13(16)18-8-9(2)14;1-4(2)3;1-2-3-1/h4-7,9,14H,3,8H2,1-2H3;1H2,2-3H3;1-2H2. The van der Waals surface area contributed by atoms with Gasteiger partial charge in [-0.2, -0.15) is 0 Å². The molecule has 1 aromatic carbocycles. The molecule has 1 aliphatic rings. The van der Waals surface area contributed by atoms with E-state index >= 15 is 0 Å².